The molecule has 2 aliphatic heterocycles. The highest BCUT2D eigenvalue weighted by Gasteiger charge is 2.28. The maximum atomic E-state index is 12.9. The fraction of sp³-hybridized carbons (Fsp3) is 0.609. The predicted molar refractivity (Wildman–Crippen MR) is 125 cm³/mol. The Morgan fingerprint density at radius 1 is 1.16 bits per heavy atom. The molecule has 2 aliphatic rings. The summed E-state index contributed by atoms with van der Waals surface area (Å²) in [5.41, 5.74) is 0.419. The van der Waals surface area contributed by atoms with E-state index in [0.29, 0.717) is 43.9 Å². The van der Waals surface area contributed by atoms with Crippen LogP contribution in [0.4, 0.5) is 5.69 Å². The maximum Gasteiger partial charge on any atom is 0.284 e. The number of hydrogen-bond donors (Lipinski definition) is 1. The van der Waals surface area contributed by atoms with Crippen molar-refractivity contribution in [2.45, 2.75) is 63.2 Å². The van der Waals surface area contributed by atoms with E-state index in [0.717, 1.165) is 38.6 Å². The minimum absolute atomic E-state index is 0.0591. The van der Waals surface area contributed by atoms with Gasteiger partial charge in [-0.05, 0) is 50.3 Å². The molecule has 2 amide bonds. The van der Waals surface area contributed by atoms with Crippen molar-refractivity contribution in [2.24, 2.45) is 10.3 Å². The number of amides is 2. The van der Waals surface area contributed by atoms with Gasteiger partial charge in [0.1, 0.15) is 5.84 Å². The summed E-state index contributed by atoms with van der Waals surface area (Å²) in [6.45, 7) is 3.85. The van der Waals surface area contributed by atoms with Crippen molar-refractivity contribution in [1.82, 2.24) is 9.80 Å². The number of benzene rings is 1. The van der Waals surface area contributed by atoms with Crippen molar-refractivity contribution in [3.8, 4) is 0 Å². The first kappa shape index (κ1) is 24.2. The van der Waals surface area contributed by atoms with E-state index in [2.05, 4.69) is 9.71 Å². The summed E-state index contributed by atoms with van der Waals surface area (Å²) in [5.74, 6) is 0.171. The third kappa shape index (κ3) is 6.31. The smallest absolute Gasteiger partial charge is 0.284 e. The number of hydrogen-bond acceptors (Lipinski definition) is 4. The Hall–Kier alpha value is -2.42. The van der Waals surface area contributed by atoms with Crippen LogP contribution in [0, 0.1) is 5.92 Å². The van der Waals surface area contributed by atoms with Crippen LogP contribution in [0.1, 0.15) is 58.3 Å². The van der Waals surface area contributed by atoms with Crippen molar-refractivity contribution in [2.75, 3.05) is 32.0 Å². The second kappa shape index (κ2) is 10.9. The van der Waals surface area contributed by atoms with Gasteiger partial charge in [-0.3, -0.25) is 9.59 Å². The monoisotopic (exact) mass is 462 g/mol. The van der Waals surface area contributed by atoms with Gasteiger partial charge in [-0.1, -0.05) is 19.4 Å². The van der Waals surface area contributed by atoms with Crippen LogP contribution in [0.3, 0.4) is 0 Å². The van der Waals surface area contributed by atoms with Gasteiger partial charge < -0.3 is 15.1 Å². The zero-order valence-corrected chi connectivity index (χ0v) is 19.9. The van der Waals surface area contributed by atoms with Crippen LogP contribution < -0.4 is 5.32 Å². The van der Waals surface area contributed by atoms with Crippen molar-refractivity contribution >= 4 is 33.4 Å². The zero-order chi connectivity index (χ0) is 23.1. The second-order valence-electron chi connectivity index (χ2n) is 8.66. The molecule has 0 radical (unpaired) electrons. The summed E-state index contributed by atoms with van der Waals surface area (Å²) in [6, 6.07) is 6.23. The molecule has 2 heterocycles. The molecule has 1 unspecified atom stereocenters. The fourth-order valence-electron chi connectivity index (χ4n) is 4.20. The average molecular weight is 463 g/mol. The van der Waals surface area contributed by atoms with Crippen LogP contribution in [0.15, 0.2) is 33.6 Å². The molecule has 1 aromatic rings. The molecular weight excluding hydrogens is 428 g/mol. The topological polar surface area (TPSA) is 99.2 Å². The number of nitrogens with zero attached hydrogens (tertiary/aromatic N) is 3. The highest BCUT2D eigenvalue weighted by Crippen LogP contribution is 2.23. The van der Waals surface area contributed by atoms with E-state index in [-0.39, 0.29) is 22.6 Å². The van der Waals surface area contributed by atoms with Crippen LogP contribution in [0.5, 0.6) is 0 Å². The molecular formula is C23H34N4O4S. The van der Waals surface area contributed by atoms with Gasteiger partial charge in [0.2, 0.25) is 11.8 Å². The summed E-state index contributed by atoms with van der Waals surface area (Å²) in [7, 11) is -2.01. The molecule has 1 atom stereocenters. The largest absolute Gasteiger partial charge is 0.362 e. The van der Waals surface area contributed by atoms with Crippen molar-refractivity contribution in [1.29, 1.82) is 0 Å². The van der Waals surface area contributed by atoms with E-state index >= 15 is 0 Å². The lowest BCUT2D eigenvalue weighted by Gasteiger charge is -2.32. The first-order valence-electron chi connectivity index (χ1n) is 11.5. The molecule has 2 fully saturated rings. The lowest BCUT2D eigenvalue weighted by Crippen LogP contribution is -2.43. The van der Waals surface area contributed by atoms with E-state index in [1.165, 1.54) is 12.1 Å². The van der Waals surface area contributed by atoms with Gasteiger partial charge in [0.05, 0.1) is 10.8 Å². The summed E-state index contributed by atoms with van der Waals surface area (Å²) in [5, 5.41) is 2.84. The van der Waals surface area contributed by atoms with Gasteiger partial charge in [0.25, 0.3) is 10.0 Å². The van der Waals surface area contributed by atoms with E-state index < -0.39 is 10.0 Å². The molecule has 0 bridgehead atoms. The quantitative estimate of drug-likeness (QED) is 0.700. The Balaban J connectivity index is 1.70. The fourth-order valence-corrected chi connectivity index (χ4v) is 5.34. The van der Waals surface area contributed by atoms with Crippen molar-refractivity contribution in [3.05, 3.63) is 24.3 Å². The minimum atomic E-state index is -3.88. The molecule has 3 rings (SSSR count). The zero-order valence-electron chi connectivity index (χ0n) is 19.0. The number of nitrogens with one attached hydrogen (secondary N) is 1. The molecule has 0 aromatic heterocycles. The molecule has 2 saturated heterocycles. The van der Waals surface area contributed by atoms with Crippen molar-refractivity contribution in [3.63, 3.8) is 0 Å². The summed E-state index contributed by atoms with van der Waals surface area (Å²) < 4.78 is 29.9. The highest BCUT2D eigenvalue weighted by molar-refractivity contribution is 7.90. The lowest BCUT2D eigenvalue weighted by atomic mass is 9.96. The Kier molecular flexibility index (Phi) is 8.28. The molecule has 1 N–H and O–H groups in total. The number of carbonyl (C=O) groups excluding carboxylic acids is 2. The average Bonchev–Trinajstić information content (AvgIpc) is 2.98. The number of piperidine rings is 1. The Morgan fingerprint density at radius 2 is 1.97 bits per heavy atom. The summed E-state index contributed by atoms with van der Waals surface area (Å²) in [6.07, 6.45) is 6.42. The number of carbonyl (C=O) groups is 2. The van der Waals surface area contributed by atoms with Crippen LogP contribution in [0.25, 0.3) is 0 Å². The lowest BCUT2D eigenvalue weighted by molar-refractivity contribution is -0.134. The van der Waals surface area contributed by atoms with E-state index in [1.807, 2.05) is 18.9 Å². The van der Waals surface area contributed by atoms with E-state index in [1.54, 1.807) is 17.0 Å². The second-order valence-corrected chi connectivity index (χ2v) is 10.3. The third-order valence-corrected chi connectivity index (χ3v) is 7.37. The van der Waals surface area contributed by atoms with Crippen molar-refractivity contribution < 1.29 is 18.0 Å². The highest BCUT2D eigenvalue weighted by atomic mass is 32.2. The van der Waals surface area contributed by atoms with Gasteiger partial charge in [-0.15, -0.1) is 4.40 Å². The Morgan fingerprint density at radius 3 is 2.75 bits per heavy atom. The maximum absolute atomic E-state index is 12.9. The van der Waals surface area contributed by atoms with E-state index in [9.17, 15) is 18.0 Å². The predicted octanol–water partition coefficient (Wildman–Crippen LogP) is 3.26. The number of sulfonamides is 1. The van der Waals surface area contributed by atoms with E-state index in [4.69, 9.17) is 0 Å². The number of amidine groups is 1. The summed E-state index contributed by atoms with van der Waals surface area (Å²) in [4.78, 5) is 28.7. The Bertz CT molecular complexity index is 960. The SMILES string of the molecule is CCCC(=O)N1CCCC(C(=O)Nc2cccc(S(=O)(=O)/N=C3/CCCCCN3C)c2)C1. The molecule has 32 heavy (non-hydrogen) atoms. The normalized spacial score (nSPS) is 21.3. The van der Waals surface area contributed by atoms with Crippen LogP contribution in [-0.4, -0.2) is 62.5 Å². The van der Waals surface area contributed by atoms with Gasteiger partial charge in [-0.25, -0.2) is 0 Å². The Labute approximate surface area is 191 Å². The van der Waals surface area contributed by atoms with Gasteiger partial charge >= 0.3 is 0 Å². The molecule has 1 aromatic carbocycles. The van der Waals surface area contributed by atoms with Crippen LogP contribution >= 0.6 is 0 Å². The van der Waals surface area contributed by atoms with Gasteiger partial charge in [0, 0.05) is 45.2 Å². The molecule has 0 spiro atoms. The van der Waals surface area contributed by atoms with Gasteiger partial charge in [0.15, 0.2) is 0 Å². The number of anilines is 1. The minimum Gasteiger partial charge on any atom is -0.362 e. The standard InChI is InChI=1S/C23H34N4O4S/c1-3-9-22(28)27-15-8-10-18(17-27)23(29)24-19-11-7-12-20(16-19)32(30,31)25-21-13-5-4-6-14-26(21)2/h7,11-12,16,18H,3-6,8-10,13-15,17H2,1-2H3,(H,24,29)/b25-21-. The van der Waals surface area contributed by atoms with Crippen LogP contribution in [0.2, 0.25) is 0 Å². The molecule has 0 saturated carbocycles. The van der Waals surface area contributed by atoms with Gasteiger partial charge in [-0.2, -0.15) is 8.42 Å². The number of likely N-dealkylation sites (tertiary alicyclic amines) is 2. The first-order chi connectivity index (χ1) is 15.3. The number of rotatable bonds is 6. The molecule has 176 valence electrons. The molecule has 8 nitrogen and oxygen atoms in total. The first-order valence-corrected chi connectivity index (χ1v) is 13.0. The molecule has 0 aliphatic carbocycles. The van der Waals surface area contributed by atoms with Crippen LogP contribution in [-0.2, 0) is 19.6 Å². The third-order valence-electron chi connectivity index (χ3n) is 6.07. The molecule has 9 heteroatoms. The summed E-state index contributed by atoms with van der Waals surface area (Å²) >= 11 is 0.